The van der Waals surface area contributed by atoms with Crippen LogP contribution < -0.4 is 5.32 Å². The van der Waals surface area contributed by atoms with E-state index in [9.17, 15) is 4.79 Å². The number of hydrogen-bond donors (Lipinski definition) is 1. The summed E-state index contributed by atoms with van der Waals surface area (Å²) in [6, 6.07) is 5.63. The summed E-state index contributed by atoms with van der Waals surface area (Å²) in [4.78, 5) is 23.0. The van der Waals surface area contributed by atoms with E-state index in [0.29, 0.717) is 12.2 Å². The first kappa shape index (κ1) is 15.1. The smallest absolute Gasteiger partial charge is 0.271 e. The molecule has 1 aliphatic rings. The van der Waals surface area contributed by atoms with Gasteiger partial charge in [-0.1, -0.05) is 6.07 Å². The summed E-state index contributed by atoms with van der Waals surface area (Å²) in [5.41, 5.74) is 1.31. The van der Waals surface area contributed by atoms with E-state index in [2.05, 4.69) is 20.2 Å². The minimum absolute atomic E-state index is 0.157. The van der Waals surface area contributed by atoms with Crippen LogP contribution in [0.5, 0.6) is 0 Å². The zero-order valence-corrected chi connectivity index (χ0v) is 13.0. The molecule has 0 radical (unpaired) electrons. The highest BCUT2D eigenvalue weighted by atomic mass is 32.1. The first-order chi connectivity index (χ1) is 10.8. The van der Waals surface area contributed by atoms with Crippen molar-refractivity contribution in [1.29, 1.82) is 0 Å². The minimum atomic E-state index is -0.157. The van der Waals surface area contributed by atoms with Gasteiger partial charge < -0.3 is 10.1 Å². The maximum absolute atomic E-state index is 12.1. The summed E-state index contributed by atoms with van der Waals surface area (Å²) in [6.07, 6.45) is 1.71. The molecule has 2 aromatic rings. The zero-order chi connectivity index (χ0) is 15.2. The number of carbonyl (C=O) groups excluding carboxylic acids is 1. The van der Waals surface area contributed by atoms with Gasteiger partial charge in [-0.15, -0.1) is 11.3 Å². The molecule has 1 N–H and O–H groups in total. The number of aromatic nitrogens is 2. The molecule has 2 aromatic heterocycles. The van der Waals surface area contributed by atoms with E-state index in [1.54, 1.807) is 6.20 Å². The first-order valence-corrected chi connectivity index (χ1v) is 8.12. The standard InChI is InChI=1S/C15H18N4O2S/c20-15(17-9-12-3-1-2-4-16-12)13-11-22-14(18-13)10-19-5-7-21-8-6-19/h1-4,11H,5-10H2,(H,17,20). The number of thiazole rings is 1. The number of carbonyl (C=O) groups is 1. The summed E-state index contributed by atoms with van der Waals surface area (Å²) in [7, 11) is 0. The molecule has 116 valence electrons. The summed E-state index contributed by atoms with van der Waals surface area (Å²) in [6.45, 7) is 4.56. The van der Waals surface area contributed by atoms with Crippen molar-refractivity contribution in [2.45, 2.75) is 13.1 Å². The Balaban J connectivity index is 1.52. The van der Waals surface area contributed by atoms with Crippen molar-refractivity contribution in [3.8, 4) is 0 Å². The van der Waals surface area contributed by atoms with E-state index in [-0.39, 0.29) is 5.91 Å². The molecule has 22 heavy (non-hydrogen) atoms. The van der Waals surface area contributed by atoms with Crippen LogP contribution in [0.1, 0.15) is 21.2 Å². The lowest BCUT2D eigenvalue weighted by Gasteiger charge is -2.25. The van der Waals surface area contributed by atoms with E-state index in [0.717, 1.165) is 43.5 Å². The number of nitrogens with one attached hydrogen (secondary N) is 1. The molecular weight excluding hydrogens is 300 g/mol. The summed E-state index contributed by atoms with van der Waals surface area (Å²) < 4.78 is 5.33. The highest BCUT2D eigenvalue weighted by Crippen LogP contribution is 2.13. The Morgan fingerprint density at radius 2 is 2.23 bits per heavy atom. The van der Waals surface area contributed by atoms with E-state index >= 15 is 0 Å². The van der Waals surface area contributed by atoms with Gasteiger partial charge in [0.15, 0.2) is 0 Å². The van der Waals surface area contributed by atoms with Crippen LogP contribution in [0.4, 0.5) is 0 Å². The van der Waals surface area contributed by atoms with E-state index < -0.39 is 0 Å². The molecule has 0 unspecified atom stereocenters. The summed E-state index contributed by atoms with van der Waals surface area (Å²) >= 11 is 1.52. The monoisotopic (exact) mass is 318 g/mol. The highest BCUT2D eigenvalue weighted by Gasteiger charge is 2.15. The van der Waals surface area contributed by atoms with Gasteiger partial charge in [0.05, 0.1) is 32.0 Å². The van der Waals surface area contributed by atoms with Crippen LogP contribution in [-0.4, -0.2) is 47.1 Å². The van der Waals surface area contributed by atoms with Crippen molar-refractivity contribution in [3.63, 3.8) is 0 Å². The number of hydrogen-bond acceptors (Lipinski definition) is 6. The molecule has 3 heterocycles. The molecule has 0 aromatic carbocycles. The quantitative estimate of drug-likeness (QED) is 0.900. The van der Waals surface area contributed by atoms with Crippen molar-refractivity contribution in [2.24, 2.45) is 0 Å². The fourth-order valence-electron chi connectivity index (χ4n) is 2.20. The Bertz CT molecular complexity index is 611. The molecular formula is C15H18N4O2S. The molecule has 0 saturated carbocycles. The SMILES string of the molecule is O=C(NCc1ccccn1)c1csc(CN2CCOCC2)n1. The highest BCUT2D eigenvalue weighted by molar-refractivity contribution is 7.09. The third-order valence-corrected chi connectivity index (χ3v) is 4.24. The first-order valence-electron chi connectivity index (χ1n) is 7.24. The van der Waals surface area contributed by atoms with Crippen molar-refractivity contribution in [2.75, 3.05) is 26.3 Å². The third kappa shape index (κ3) is 4.09. The Labute approximate surface area is 133 Å². The van der Waals surface area contributed by atoms with Crippen LogP contribution in [0.15, 0.2) is 29.8 Å². The van der Waals surface area contributed by atoms with Crippen molar-refractivity contribution in [1.82, 2.24) is 20.2 Å². The summed E-state index contributed by atoms with van der Waals surface area (Å²) in [5.74, 6) is -0.157. The van der Waals surface area contributed by atoms with Gasteiger partial charge in [0.2, 0.25) is 0 Å². The minimum Gasteiger partial charge on any atom is -0.379 e. The van der Waals surface area contributed by atoms with Crippen LogP contribution in [0.3, 0.4) is 0 Å². The van der Waals surface area contributed by atoms with Gasteiger partial charge in [0, 0.05) is 24.7 Å². The van der Waals surface area contributed by atoms with Gasteiger partial charge in [-0.2, -0.15) is 0 Å². The van der Waals surface area contributed by atoms with Gasteiger partial charge in [0.1, 0.15) is 10.7 Å². The van der Waals surface area contributed by atoms with Crippen LogP contribution in [0.25, 0.3) is 0 Å². The average molecular weight is 318 g/mol. The molecule has 3 rings (SSSR count). The molecule has 1 amide bonds. The Kier molecular flexibility index (Phi) is 5.10. The predicted molar refractivity (Wildman–Crippen MR) is 83.6 cm³/mol. The van der Waals surface area contributed by atoms with Crippen molar-refractivity contribution >= 4 is 17.2 Å². The molecule has 7 heteroatoms. The lowest BCUT2D eigenvalue weighted by Crippen LogP contribution is -2.35. The van der Waals surface area contributed by atoms with Gasteiger partial charge in [-0.25, -0.2) is 4.98 Å². The normalized spacial score (nSPS) is 15.6. The fourth-order valence-corrected chi connectivity index (χ4v) is 3.02. The van der Waals surface area contributed by atoms with Crippen LogP contribution in [0.2, 0.25) is 0 Å². The molecule has 0 aliphatic carbocycles. The molecule has 1 fully saturated rings. The lowest BCUT2D eigenvalue weighted by molar-refractivity contribution is 0.0341. The zero-order valence-electron chi connectivity index (χ0n) is 12.2. The van der Waals surface area contributed by atoms with Gasteiger partial charge in [0.25, 0.3) is 5.91 Å². The maximum atomic E-state index is 12.1. The molecule has 1 saturated heterocycles. The predicted octanol–water partition coefficient (Wildman–Crippen LogP) is 1.30. The number of rotatable bonds is 5. The largest absolute Gasteiger partial charge is 0.379 e. The number of amides is 1. The fraction of sp³-hybridized carbons (Fsp3) is 0.400. The number of nitrogens with zero attached hydrogens (tertiary/aromatic N) is 3. The third-order valence-electron chi connectivity index (χ3n) is 3.40. The van der Waals surface area contributed by atoms with Crippen LogP contribution >= 0.6 is 11.3 Å². The summed E-state index contributed by atoms with van der Waals surface area (Å²) in [5, 5.41) is 5.61. The van der Waals surface area contributed by atoms with E-state index in [1.807, 2.05) is 23.6 Å². The second kappa shape index (κ2) is 7.44. The van der Waals surface area contributed by atoms with Gasteiger partial charge in [-0.3, -0.25) is 14.7 Å². The molecule has 0 spiro atoms. The van der Waals surface area contributed by atoms with Crippen molar-refractivity contribution < 1.29 is 9.53 Å². The van der Waals surface area contributed by atoms with E-state index in [4.69, 9.17) is 4.74 Å². The average Bonchev–Trinajstić information content (AvgIpc) is 3.03. The number of morpholine rings is 1. The lowest BCUT2D eigenvalue weighted by atomic mass is 10.3. The topological polar surface area (TPSA) is 67.4 Å². The molecule has 6 nitrogen and oxygen atoms in total. The second-order valence-electron chi connectivity index (χ2n) is 5.02. The Morgan fingerprint density at radius 1 is 1.36 bits per heavy atom. The Hall–Kier alpha value is -1.83. The van der Waals surface area contributed by atoms with E-state index in [1.165, 1.54) is 11.3 Å². The van der Waals surface area contributed by atoms with Crippen LogP contribution in [-0.2, 0) is 17.8 Å². The van der Waals surface area contributed by atoms with Crippen LogP contribution in [0, 0.1) is 0 Å². The number of ether oxygens (including phenoxy) is 1. The second-order valence-corrected chi connectivity index (χ2v) is 5.96. The molecule has 0 atom stereocenters. The Morgan fingerprint density at radius 3 is 3.00 bits per heavy atom. The molecule has 1 aliphatic heterocycles. The molecule has 0 bridgehead atoms. The maximum Gasteiger partial charge on any atom is 0.271 e. The number of pyridine rings is 1. The van der Waals surface area contributed by atoms with Crippen molar-refractivity contribution in [3.05, 3.63) is 46.2 Å². The van der Waals surface area contributed by atoms with Gasteiger partial charge >= 0.3 is 0 Å². The van der Waals surface area contributed by atoms with Gasteiger partial charge in [-0.05, 0) is 12.1 Å².